The van der Waals surface area contributed by atoms with Gasteiger partial charge >= 0.3 is 0 Å². The van der Waals surface area contributed by atoms with Crippen LogP contribution in [-0.2, 0) is 0 Å². The molecular weight excluding hydrogens is 245 g/mol. The van der Waals surface area contributed by atoms with Gasteiger partial charge < -0.3 is 9.84 Å². The fourth-order valence-electron chi connectivity index (χ4n) is 2.47. The monoisotopic (exact) mass is 261 g/mol. The van der Waals surface area contributed by atoms with E-state index >= 15 is 0 Å². The van der Waals surface area contributed by atoms with Crippen LogP contribution in [0.3, 0.4) is 0 Å². The predicted molar refractivity (Wildman–Crippen MR) is 69.0 cm³/mol. The Balaban J connectivity index is 1.94. The second-order valence-corrected chi connectivity index (χ2v) is 5.11. The molecule has 0 amide bonds. The van der Waals surface area contributed by atoms with E-state index in [0.29, 0.717) is 23.2 Å². The largest absolute Gasteiger partial charge is 0.337 e. The van der Waals surface area contributed by atoms with Gasteiger partial charge in [-0.05, 0) is 43.5 Å². The second-order valence-electron chi connectivity index (χ2n) is 5.11. The first-order valence-corrected chi connectivity index (χ1v) is 6.48. The van der Waals surface area contributed by atoms with Crippen molar-refractivity contribution in [2.24, 2.45) is 5.92 Å². The zero-order valence-corrected chi connectivity index (χ0v) is 11.0. The minimum absolute atomic E-state index is 0.107. The van der Waals surface area contributed by atoms with Crippen molar-refractivity contribution in [3.05, 3.63) is 35.5 Å². The third-order valence-corrected chi connectivity index (χ3v) is 3.68. The van der Waals surface area contributed by atoms with Gasteiger partial charge in [-0.1, -0.05) is 18.1 Å². The van der Waals surface area contributed by atoms with Crippen molar-refractivity contribution in [1.82, 2.24) is 15.5 Å². The lowest BCUT2D eigenvalue weighted by atomic mass is 10.0. The third kappa shape index (κ3) is 2.26. The quantitative estimate of drug-likeness (QED) is 0.903. The molecule has 2 heterocycles. The van der Waals surface area contributed by atoms with Crippen molar-refractivity contribution >= 4 is 0 Å². The van der Waals surface area contributed by atoms with Crippen LogP contribution in [0.2, 0.25) is 0 Å². The van der Waals surface area contributed by atoms with E-state index < -0.39 is 0 Å². The molecule has 0 saturated carbocycles. The van der Waals surface area contributed by atoms with E-state index in [4.69, 9.17) is 4.52 Å². The van der Waals surface area contributed by atoms with Crippen LogP contribution in [-0.4, -0.2) is 16.7 Å². The summed E-state index contributed by atoms with van der Waals surface area (Å²) < 4.78 is 18.6. The van der Waals surface area contributed by atoms with E-state index in [9.17, 15) is 4.39 Å². The molecule has 0 spiro atoms. The molecule has 3 rings (SSSR count). The van der Waals surface area contributed by atoms with E-state index in [1.807, 2.05) is 6.92 Å². The summed E-state index contributed by atoms with van der Waals surface area (Å²) in [4.78, 5) is 4.41. The molecule has 2 atom stereocenters. The lowest BCUT2D eigenvalue weighted by Gasteiger charge is -2.09. The summed E-state index contributed by atoms with van der Waals surface area (Å²) in [5.41, 5.74) is 1.61. The number of halogens is 1. The zero-order valence-electron chi connectivity index (χ0n) is 11.0. The Bertz CT molecular complexity index is 596. The van der Waals surface area contributed by atoms with Crippen LogP contribution in [0.4, 0.5) is 4.39 Å². The molecule has 1 aromatic carbocycles. The van der Waals surface area contributed by atoms with Crippen molar-refractivity contribution in [2.45, 2.75) is 26.3 Å². The number of hydrogen-bond donors (Lipinski definition) is 1. The molecule has 5 heteroatoms. The Morgan fingerprint density at radius 2 is 2.26 bits per heavy atom. The Morgan fingerprint density at radius 1 is 1.42 bits per heavy atom. The first kappa shape index (κ1) is 12.3. The Hall–Kier alpha value is -1.75. The molecular formula is C14H16FN3O. The Labute approximate surface area is 111 Å². The van der Waals surface area contributed by atoms with Crippen LogP contribution in [0.1, 0.15) is 30.8 Å². The van der Waals surface area contributed by atoms with E-state index in [2.05, 4.69) is 22.4 Å². The number of rotatable bonds is 2. The molecule has 4 nitrogen and oxygen atoms in total. The van der Waals surface area contributed by atoms with Crippen LogP contribution in [0.15, 0.2) is 22.7 Å². The number of benzene rings is 1. The molecule has 19 heavy (non-hydrogen) atoms. The first-order valence-electron chi connectivity index (χ1n) is 6.48. The molecule has 1 fully saturated rings. The number of hydrogen-bond acceptors (Lipinski definition) is 4. The summed E-state index contributed by atoms with van der Waals surface area (Å²) in [6, 6.07) is 4.70. The summed E-state index contributed by atoms with van der Waals surface area (Å²) in [5.74, 6) is 1.22. The minimum atomic E-state index is -0.292. The number of aryl methyl sites for hydroxylation is 1. The highest BCUT2D eigenvalue weighted by Crippen LogP contribution is 2.30. The van der Waals surface area contributed by atoms with Gasteiger partial charge in [-0.3, -0.25) is 0 Å². The van der Waals surface area contributed by atoms with Crippen molar-refractivity contribution in [3.63, 3.8) is 0 Å². The molecule has 1 aliphatic rings. The summed E-state index contributed by atoms with van der Waals surface area (Å²) in [7, 11) is 0. The maximum atomic E-state index is 13.3. The minimum Gasteiger partial charge on any atom is -0.337 e. The SMILES string of the molecule is Cc1ccc(F)cc1-c1noc(C2NCCC2C)n1. The van der Waals surface area contributed by atoms with Crippen molar-refractivity contribution < 1.29 is 8.91 Å². The van der Waals surface area contributed by atoms with E-state index in [-0.39, 0.29) is 11.9 Å². The summed E-state index contributed by atoms with van der Waals surface area (Å²) in [6.07, 6.45) is 1.10. The summed E-state index contributed by atoms with van der Waals surface area (Å²) in [5, 5.41) is 7.32. The smallest absolute Gasteiger partial charge is 0.244 e. The average Bonchev–Trinajstić information content (AvgIpc) is 3.00. The third-order valence-electron chi connectivity index (χ3n) is 3.68. The maximum Gasteiger partial charge on any atom is 0.244 e. The molecule has 2 aromatic rings. The van der Waals surface area contributed by atoms with Crippen LogP contribution in [0.25, 0.3) is 11.4 Å². The van der Waals surface area contributed by atoms with Gasteiger partial charge in [0.25, 0.3) is 0 Å². The Kier molecular flexibility index (Phi) is 3.06. The molecule has 1 saturated heterocycles. The molecule has 2 unspecified atom stereocenters. The fourth-order valence-corrected chi connectivity index (χ4v) is 2.47. The molecule has 0 bridgehead atoms. The van der Waals surface area contributed by atoms with Gasteiger partial charge in [0.05, 0.1) is 6.04 Å². The molecule has 0 aliphatic carbocycles. The van der Waals surface area contributed by atoms with Gasteiger partial charge in [-0.25, -0.2) is 4.39 Å². The highest BCUT2D eigenvalue weighted by molar-refractivity contribution is 5.59. The van der Waals surface area contributed by atoms with Gasteiger partial charge in [0, 0.05) is 5.56 Å². The maximum absolute atomic E-state index is 13.3. The zero-order chi connectivity index (χ0) is 13.4. The summed E-state index contributed by atoms with van der Waals surface area (Å²) in [6.45, 7) is 5.02. The molecule has 1 aliphatic heterocycles. The van der Waals surface area contributed by atoms with Gasteiger partial charge in [0.2, 0.25) is 11.7 Å². The van der Waals surface area contributed by atoms with E-state index in [0.717, 1.165) is 18.5 Å². The Morgan fingerprint density at radius 3 is 3.00 bits per heavy atom. The number of aromatic nitrogens is 2. The topological polar surface area (TPSA) is 51.0 Å². The lowest BCUT2D eigenvalue weighted by Crippen LogP contribution is -2.16. The average molecular weight is 261 g/mol. The number of nitrogens with zero attached hydrogens (tertiary/aromatic N) is 2. The first-order chi connectivity index (χ1) is 9.15. The van der Waals surface area contributed by atoms with Crippen LogP contribution < -0.4 is 5.32 Å². The normalized spacial score (nSPS) is 22.9. The number of nitrogens with one attached hydrogen (secondary N) is 1. The lowest BCUT2D eigenvalue weighted by molar-refractivity contribution is 0.319. The molecule has 100 valence electrons. The van der Waals surface area contributed by atoms with Crippen LogP contribution >= 0.6 is 0 Å². The molecule has 1 aromatic heterocycles. The van der Waals surface area contributed by atoms with Crippen molar-refractivity contribution in [3.8, 4) is 11.4 Å². The fraction of sp³-hybridized carbons (Fsp3) is 0.429. The molecule has 1 N–H and O–H groups in total. The standard InChI is InChI=1S/C14H16FN3O/c1-8-3-4-10(15)7-11(8)13-17-14(19-18-13)12-9(2)5-6-16-12/h3-4,7,9,12,16H,5-6H2,1-2H3. The predicted octanol–water partition coefficient (Wildman–Crippen LogP) is 2.85. The van der Waals surface area contributed by atoms with Gasteiger partial charge in [0.1, 0.15) is 5.82 Å². The van der Waals surface area contributed by atoms with Gasteiger partial charge in [0.15, 0.2) is 0 Å². The second kappa shape index (κ2) is 4.74. The van der Waals surface area contributed by atoms with Crippen LogP contribution in [0.5, 0.6) is 0 Å². The van der Waals surface area contributed by atoms with Crippen molar-refractivity contribution in [1.29, 1.82) is 0 Å². The molecule has 0 radical (unpaired) electrons. The van der Waals surface area contributed by atoms with Crippen LogP contribution in [0, 0.1) is 18.7 Å². The highest BCUT2D eigenvalue weighted by Gasteiger charge is 2.29. The summed E-state index contributed by atoms with van der Waals surface area (Å²) >= 11 is 0. The highest BCUT2D eigenvalue weighted by atomic mass is 19.1. The van der Waals surface area contributed by atoms with Gasteiger partial charge in [-0.2, -0.15) is 4.98 Å². The van der Waals surface area contributed by atoms with E-state index in [1.54, 1.807) is 6.07 Å². The van der Waals surface area contributed by atoms with E-state index in [1.165, 1.54) is 12.1 Å². The van der Waals surface area contributed by atoms with Gasteiger partial charge in [-0.15, -0.1) is 0 Å². The van der Waals surface area contributed by atoms with Crippen molar-refractivity contribution in [2.75, 3.05) is 6.54 Å².